The van der Waals surface area contributed by atoms with Gasteiger partial charge in [-0.15, -0.1) is 0 Å². The summed E-state index contributed by atoms with van der Waals surface area (Å²) in [5, 5.41) is 3.59. The number of nitrogens with zero attached hydrogens (tertiary/aromatic N) is 1. The standard InChI is InChI=1S/C16H26N2/c1-3-11-17-13-16(15-9-5-4-6-10-15)18-12-7-8-14(18)2/h4-6,9-10,14,16-17H,3,7-8,11-13H2,1-2H3. The van der Waals surface area contributed by atoms with Crippen molar-refractivity contribution in [1.29, 1.82) is 0 Å². The molecule has 1 N–H and O–H groups in total. The second kappa shape index (κ2) is 6.91. The van der Waals surface area contributed by atoms with Crippen molar-refractivity contribution < 1.29 is 0 Å². The van der Waals surface area contributed by atoms with Gasteiger partial charge in [-0.2, -0.15) is 0 Å². The highest BCUT2D eigenvalue weighted by molar-refractivity contribution is 5.20. The van der Waals surface area contributed by atoms with Gasteiger partial charge in [0.05, 0.1) is 0 Å². The van der Waals surface area contributed by atoms with Crippen LogP contribution in [0.2, 0.25) is 0 Å². The molecule has 1 heterocycles. The second-order valence-electron chi connectivity index (χ2n) is 5.36. The van der Waals surface area contributed by atoms with E-state index in [9.17, 15) is 0 Å². The molecule has 2 atom stereocenters. The van der Waals surface area contributed by atoms with Crippen LogP contribution in [0, 0.1) is 0 Å². The first kappa shape index (κ1) is 13.6. The molecule has 0 aliphatic carbocycles. The lowest BCUT2D eigenvalue weighted by atomic mass is 10.0. The number of hydrogen-bond acceptors (Lipinski definition) is 2. The molecule has 1 aliphatic heterocycles. The zero-order valence-electron chi connectivity index (χ0n) is 11.7. The number of rotatable bonds is 6. The van der Waals surface area contributed by atoms with Crippen LogP contribution in [0.15, 0.2) is 30.3 Å². The van der Waals surface area contributed by atoms with E-state index >= 15 is 0 Å². The van der Waals surface area contributed by atoms with Crippen LogP contribution >= 0.6 is 0 Å². The fourth-order valence-corrected chi connectivity index (χ4v) is 2.94. The van der Waals surface area contributed by atoms with Gasteiger partial charge in [0.25, 0.3) is 0 Å². The molecule has 0 saturated carbocycles. The molecule has 0 spiro atoms. The minimum atomic E-state index is 0.537. The zero-order chi connectivity index (χ0) is 12.8. The van der Waals surface area contributed by atoms with Crippen LogP contribution in [0.25, 0.3) is 0 Å². The molecule has 18 heavy (non-hydrogen) atoms. The molecule has 0 amide bonds. The molecule has 1 aromatic carbocycles. The molecule has 2 heteroatoms. The van der Waals surface area contributed by atoms with Crippen molar-refractivity contribution in [3.8, 4) is 0 Å². The van der Waals surface area contributed by atoms with Gasteiger partial charge in [0.2, 0.25) is 0 Å². The molecule has 2 nitrogen and oxygen atoms in total. The van der Waals surface area contributed by atoms with Gasteiger partial charge in [0.1, 0.15) is 0 Å². The van der Waals surface area contributed by atoms with Crippen molar-refractivity contribution in [1.82, 2.24) is 10.2 Å². The SMILES string of the molecule is CCCNCC(c1ccccc1)N1CCCC1C. The quantitative estimate of drug-likeness (QED) is 0.775. The van der Waals surface area contributed by atoms with Crippen LogP contribution in [-0.2, 0) is 0 Å². The van der Waals surface area contributed by atoms with Crippen molar-refractivity contribution in [2.45, 2.75) is 45.2 Å². The van der Waals surface area contributed by atoms with Crippen molar-refractivity contribution in [3.05, 3.63) is 35.9 Å². The third-order valence-corrected chi connectivity index (χ3v) is 3.95. The predicted molar refractivity (Wildman–Crippen MR) is 77.7 cm³/mol. The van der Waals surface area contributed by atoms with E-state index in [-0.39, 0.29) is 0 Å². The van der Waals surface area contributed by atoms with Crippen LogP contribution < -0.4 is 5.32 Å². The van der Waals surface area contributed by atoms with Crippen molar-refractivity contribution in [2.24, 2.45) is 0 Å². The average molecular weight is 246 g/mol. The van der Waals surface area contributed by atoms with E-state index < -0.39 is 0 Å². The van der Waals surface area contributed by atoms with Gasteiger partial charge in [0, 0.05) is 18.6 Å². The maximum absolute atomic E-state index is 3.59. The molecular weight excluding hydrogens is 220 g/mol. The molecule has 2 unspecified atom stereocenters. The summed E-state index contributed by atoms with van der Waals surface area (Å²) in [6, 6.07) is 12.2. The highest BCUT2D eigenvalue weighted by atomic mass is 15.2. The maximum Gasteiger partial charge on any atom is 0.0475 e. The third kappa shape index (κ3) is 3.33. The van der Waals surface area contributed by atoms with Crippen LogP contribution in [0.4, 0.5) is 0 Å². The lowest BCUT2D eigenvalue weighted by Gasteiger charge is -2.32. The largest absolute Gasteiger partial charge is 0.315 e. The predicted octanol–water partition coefficient (Wildman–Crippen LogP) is 3.21. The summed E-state index contributed by atoms with van der Waals surface area (Å²) < 4.78 is 0. The monoisotopic (exact) mass is 246 g/mol. The van der Waals surface area contributed by atoms with E-state index in [1.165, 1.54) is 31.4 Å². The first-order valence-electron chi connectivity index (χ1n) is 7.34. The van der Waals surface area contributed by atoms with Crippen LogP contribution in [-0.4, -0.2) is 30.6 Å². The van der Waals surface area contributed by atoms with Gasteiger partial charge in [-0.25, -0.2) is 0 Å². The Bertz CT molecular complexity index is 336. The number of likely N-dealkylation sites (tertiary alicyclic amines) is 1. The first-order valence-corrected chi connectivity index (χ1v) is 7.34. The molecule has 0 aromatic heterocycles. The van der Waals surface area contributed by atoms with Gasteiger partial charge in [-0.3, -0.25) is 4.90 Å². The molecular formula is C16H26N2. The Hall–Kier alpha value is -0.860. The van der Waals surface area contributed by atoms with Gasteiger partial charge >= 0.3 is 0 Å². The molecule has 2 rings (SSSR count). The molecule has 1 saturated heterocycles. The first-order chi connectivity index (χ1) is 8.83. The molecule has 100 valence electrons. The Labute approximate surface area is 111 Å². The van der Waals surface area contributed by atoms with Crippen molar-refractivity contribution >= 4 is 0 Å². The Morgan fingerprint density at radius 3 is 2.72 bits per heavy atom. The smallest absolute Gasteiger partial charge is 0.0475 e. The summed E-state index contributed by atoms with van der Waals surface area (Å²) in [5.41, 5.74) is 1.45. The summed E-state index contributed by atoms with van der Waals surface area (Å²) in [6.45, 7) is 8.02. The Morgan fingerprint density at radius 1 is 1.33 bits per heavy atom. The highest BCUT2D eigenvalue weighted by Crippen LogP contribution is 2.28. The molecule has 0 radical (unpaired) electrons. The topological polar surface area (TPSA) is 15.3 Å². The molecule has 1 aromatic rings. The van der Waals surface area contributed by atoms with Gasteiger partial charge in [0.15, 0.2) is 0 Å². The van der Waals surface area contributed by atoms with Gasteiger partial charge in [-0.05, 0) is 44.8 Å². The van der Waals surface area contributed by atoms with E-state index in [1.807, 2.05) is 0 Å². The summed E-state index contributed by atoms with van der Waals surface area (Å²) >= 11 is 0. The number of benzene rings is 1. The summed E-state index contributed by atoms with van der Waals surface area (Å²) in [4.78, 5) is 2.66. The minimum Gasteiger partial charge on any atom is -0.315 e. The normalized spacial score (nSPS) is 22.2. The van der Waals surface area contributed by atoms with Gasteiger partial charge in [-0.1, -0.05) is 37.3 Å². The number of nitrogens with one attached hydrogen (secondary N) is 1. The van der Waals surface area contributed by atoms with Crippen LogP contribution in [0.3, 0.4) is 0 Å². The fraction of sp³-hybridized carbons (Fsp3) is 0.625. The van der Waals surface area contributed by atoms with E-state index in [2.05, 4.69) is 54.4 Å². The average Bonchev–Trinajstić information content (AvgIpc) is 2.82. The Kier molecular flexibility index (Phi) is 5.21. The molecule has 1 fully saturated rings. The summed E-state index contributed by atoms with van der Waals surface area (Å²) in [6.07, 6.45) is 3.90. The highest BCUT2D eigenvalue weighted by Gasteiger charge is 2.28. The van der Waals surface area contributed by atoms with Crippen LogP contribution in [0.5, 0.6) is 0 Å². The summed E-state index contributed by atoms with van der Waals surface area (Å²) in [7, 11) is 0. The van der Waals surface area contributed by atoms with E-state index in [0.29, 0.717) is 6.04 Å². The maximum atomic E-state index is 3.59. The van der Waals surface area contributed by atoms with E-state index in [1.54, 1.807) is 0 Å². The zero-order valence-corrected chi connectivity index (χ0v) is 11.7. The molecule has 0 bridgehead atoms. The summed E-state index contributed by atoms with van der Waals surface area (Å²) in [5.74, 6) is 0. The minimum absolute atomic E-state index is 0.537. The van der Waals surface area contributed by atoms with E-state index in [0.717, 1.165) is 19.1 Å². The second-order valence-corrected chi connectivity index (χ2v) is 5.36. The van der Waals surface area contributed by atoms with E-state index in [4.69, 9.17) is 0 Å². The Balaban J connectivity index is 2.07. The van der Waals surface area contributed by atoms with Crippen molar-refractivity contribution in [2.75, 3.05) is 19.6 Å². The fourth-order valence-electron chi connectivity index (χ4n) is 2.94. The Morgan fingerprint density at radius 2 is 2.11 bits per heavy atom. The number of hydrogen-bond donors (Lipinski definition) is 1. The van der Waals surface area contributed by atoms with Crippen molar-refractivity contribution in [3.63, 3.8) is 0 Å². The lowest BCUT2D eigenvalue weighted by molar-refractivity contribution is 0.186. The van der Waals surface area contributed by atoms with Gasteiger partial charge < -0.3 is 5.32 Å². The van der Waals surface area contributed by atoms with Crippen LogP contribution in [0.1, 0.15) is 44.7 Å². The third-order valence-electron chi connectivity index (χ3n) is 3.95. The lowest BCUT2D eigenvalue weighted by Crippen LogP contribution is -2.38. The molecule has 1 aliphatic rings.